The standard InChI is InChI=1S/C13H16N4/c1-9(14)11-4-5-13(15-8-11)17-7-6-12(16-17)10-2-3-10/h4-10H,2-3,14H2,1H3. The highest BCUT2D eigenvalue weighted by atomic mass is 15.3. The van der Waals surface area contributed by atoms with Gasteiger partial charge in [-0.15, -0.1) is 0 Å². The van der Waals surface area contributed by atoms with Crippen LogP contribution in [0, 0.1) is 0 Å². The highest BCUT2D eigenvalue weighted by Gasteiger charge is 2.25. The number of hydrogen-bond acceptors (Lipinski definition) is 3. The molecule has 2 heterocycles. The first-order valence-corrected chi connectivity index (χ1v) is 6.01. The summed E-state index contributed by atoms with van der Waals surface area (Å²) in [5.41, 5.74) is 8.02. The summed E-state index contributed by atoms with van der Waals surface area (Å²) in [4.78, 5) is 4.38. The number of pyridine rings is 1. The minimum Gasteiger partial charge on any atom is -0.324 e. The SMILES string of the molecule is CC(N)c1ccc(-n2ccc(C3CC3)n2)nc1. The second kappa shape index (κ2) is 3.96. The molecule has 2 aromatic heterocycles. The molecule has 1 saturated carbocycles. The van der Waals surface area contributed by atoms with Gasteiger partial charge in [-0.05, 0) is 37.5 Å². The molecule has 0 saturated heterocycles. The van der Waals surface area contributed by atoms with Crippen molar-refractivity contribution in [1.82, 2.24) is 14.8 Å². The Morgan fingerprint density at radius 3 is 2.76 bits per heavy atom. The average Bonchev–Trinajstić information content (AvgIpc) is 3.07. The van der Waals surface area contributed by atoms with Crippen molar-refractivity contribution in [3.8, 4) is 5.82 Å². The summed E-state index contributed by atoms with van der Waals surface area (Å²) in [6.45, 7) is 1.95. The van der Waals surface area contributed by atoms with Gasteiger partial charge in [0.05, 0.1) is 5.69 Å². The van der Waals surface area contributed by atoms with Crippen LogP contribution in [0.3, 0.4) is 0 Å². The Balaban J connectivity index is 1.86. The molecule has 0 bridgehead atoms. The fourth-order valence-corrected chi connectivity index (χ4v) is 1.86. The molecule has 4 nitrogen and oxygen atoms in total. The molecule has 1 unspecified atom stereocenters. The van der Waals surface area contributed by atoms with Crippen LogP contribution in [0.25, 0.3) is 5.82 Å². The van der Waals surface area contributed by atoms with Gasteiger partial charge in [-0.25, -0.2) is 9.67 Å². The molecular formula is C13H16N4. The molecule has 2 aromatic rings. The molecular weight excluding hydrogens is 212 g/mol. The molecule has 1 fully saturated rings. The molecule has 0 aliphatic heterocycles. The van der Waals surface area contributed by atoms with Crippen molar-refractivity contribution in [2.45, 2.75) is 31.7 Å². The predicted molar refractivity (Wildman–Crippen MR) is 65.9 cm³/mol. The minimum atomic E-state index is 0.0243. The summed E-state index contributed by atoms with van der Waals surface area (Å²) < 4.78 is 1.83. The van der Waals surface area contributed by atoms with E-state index in [0.717, 1.165) is 11.4 Å². The Labute approximate surface area is 100 Å². The first kappa shape index (κ1) is 10.5. The van der Waals surface area contributed by atoms with Gasteiger partial charge in [-0.1, -0.05) is 6.07 Å². The van der Waals surface area contributed by atoms with E-state index in [4.69, 9.17) is 5.73 Å². The van der Waals surface area contributed by atoms with Gasteiger partial charge in [0.2, 0.25) is 0 Å². The summed E-state index contributed by atoms with van der Waals surface area (Å²) in [5, 5.41) is 4.54. The van der Waals surface area contributed by atoms with Crippen molar-refractivity contribution in [2.24, 2.45) is 5.73 Å². The summed E-state index contributed by atoms with van der Waals surface area (Å²) >= 11 is 0. The van der Waals surface area contributed by atoms with E-state index < -0.39 is 0 Å². The predicted octanol–water partition coefficient (Wildman–Crippen LogP) is 2.16. The Morgan fingerprint density at radius 1 is 1.35 bits per heavy atom. The maximum Gasteiger partial charge on any atom is 0.153 e. The summed E-state index contributed by atoms with van der Waals surface area (Å²) in [6.07, 6.45) is 6.34. The maximum atomic E-state index is 5.79. The van der Waals surface area contributed by atoms with Gasteiger partial charge in [-0.3, -0.25) is 0 Å². The third-order valence-electron chi connectivity index (χ3n) is 3.14. The lowest BCUT2D eigenvalue weighted by Gasteiger charge is -2.05. The number of hydrogen-bond donors (Lipinski definition) is 1. The number of nitrogens with zero attached hydrogens (tertiary/aromatic N) is 3. The third kappa shape index (κ3) is 2.08. The summed E-state index contributed by atoms with van der Waals surface area (Å²) in [7, 11) is 0. The fourth-order valence-electron chi connectivity index (χ4n) is 1.86. The average molecular weight is 228 g/mol. The fraction of sp³-hybridized carbons (Fsp3) is 0.385. The molecule has 0 aromatic carbocycles. The Bertz CT molecular complexity index is 508. The van der Waals surface area contributed by atoms with E-state index in [2.05, 4.69) is 16.1 Å². The van der Waals surface area contributed by atoms with Crippen LogP contribution in [-0.4, -0.2) is 14.8 Å². The smallest absolute Gasteiger partial charge is 0.153 e. The molecule has 0 amide bonds. The van der Waals surface area contributed by atoms with E-state index in [1.165, 1.54) is 18.5 Å². The third-order valence-corrected chi connectivity index (χ3v) is 3.14. The minimum absolute atomic E-state index is 0.0243. The largest absolute Gasteiger partial charge is 0.324 e. The van der Waals surface area contributed by atoms with E-state index in [1.54, 1.807) is 0 Å². The van der Waals surface area contributed by atoms with Crippen molar-refractivity contribution < 1.29 is 0 Å². The highest BCUT2D eigenvalue weighted by molar-refractivity contribution is 5.27. The molecule has 17 heavy (non-hydrogen) atoms. The molecule has 0 spiro atoms. The molecule has 1 aliphatic carbocycles. The van der Waals surface area contributed by atoms with E-state index in [1.807, 2.05) is 36.1 Å². The van der Waals surface area contributed by atoms with Gasteiger partial charge in [0.15, 0.2) is 5.82 Å². The number of rotatable bonds is 3. The van der Waals surface area contributed by atoms with Gasteiger partial charge in [0.25, 0.3) is 0 Å². The van der Waals surface area contributed by atoms with Gasteiger partial charge >= 0.3 is 0 Å². The van der Waals surface area contributed by atoms with Crippen molar-refractivity contribution in [3.63, 3.8) is 0 Å². The van der Waals surface area contributed by atoms with Crippen molar-refractivity contribution in [3.05, 3.63) is 41.9 Å². The molecule has 1 aliphatic rings. The van der Waals surface area contributed by atoms with Gasteiger partial charge in [0.1, 0.15) is 0 Å². The zero-order valence-electron chi connectivity index (χ0n) is 9.87. The van der Waals surface area contributed by atoms with Crippen molar-refractivity contribution in [1.29, 1.82) is 0 Å². The van der Waals surface area contributed by atoms with Crippen LogP contribution in [0.15, 0.2) is 30.6 Å². The number of aromatic nitrogens is 3. The van der Waals surface area contributed by atoms with Crippen molar-refractivity contribution in [2.75, 3.05) is 0 Å². The quantitative estimate of drug-likeness (QED) is 0.875. The van der Waals surface area contributed by atoms with Crippen molar-refractivity contribution >= 4 is 0 Å². The van der Waals surface area contributed by atoms with Crippen LogP contribution in [0.4, 0.5) is 0 Å². The van der Waals surface area contributed by atoms with Crippen LogP contribution < -0.4 is 5.73 Å². The molecule has 3 rings (SSSR count). The zero-order chi connectivity index (χ0) is 11.8. The monoisotopic (exact) mass is 228 g/mol. The van der Waals surface area contributed by atoms with E-state index in [0.29, 0.717) is 5.92 Å². The zero-order valence-corrected chi connectivity index (χ0v) is 9.87. The summed E-state index contributed by atoms with van der Waals surface area (Å²) in [5.74, 6) is 1.53. The van der Waals surface area contributed by atoms with Crippen LogP contribution in [0.2, 0.25) is 0 Å². The molecule has 2 N–H and O–H groups in total. The second-order valence-electron chi connectivity index (χ2n) is 4.70. The second-order valence-corrected chi connectivity index (χ2v) is 4.70. The van der Waals surface area contributed by atoms with Crippen LogP contribution in [-0.2, 0) is 0 Å². The molecule has 4 heteroatoms. The van der Waals surface area contributed by atoms with E-state index in [-0.39, 0.29) is 6.04 Å². The normalized spacial score (nSPS) is 17.1. The Hall–Kier alpha value is -1.68. The lowest BCUT2D eigenvalue weighted by Crippen LogP contribution is -2.06. The summed E-state index contributed by atoms with van der Waals surface area (Å²) in [6, 6.07) is 6.07. The lowest BCUT2D eigenvalue weighted by molar-refractivity contribution is 0.787. The van der Waals surface area contributed by atoms with Crippen LogP contribution in [0.1, 0.15) is 43.0 Å². The first-order valence-electron chi connectivity index (χ1n) is 6.01. The van der Waals surface area contributed by atoms with Gasteiger partial charge < -0.3 is 5.73 Å². The lowest BCUT2D eigenvalue weighted by atomic mass is 10.2. The van der Waals surface area contributed by atoms with Crippen LogP contribution >= 0.6 is 0 Å². The van der Waals surface area contributed by atoms with Gasteiger partial charge in [0, 0.05) is 24.4 Å². The highest BCUT2D eigenvalue weighted by Crippen LogP contribution is 2.38. The molecule has 88 valence electrons. The van der Waals surface area contributed by atoms with E-state index in [9.17, 15) is 0 Å². The van der Waals surface area contributed by atoms with E-state index >= 15 is 0 Å². The Morgan fingerprint density at radius 2 is 2.18 bits per heavy atom. The maximum absolute atomic E-state index is 5.79. The number of nitrogens with two attached hydrogens (primary N) is 1. The molecule has 1 atom stereocenters. The molecule has 0 radical (unpaired) electrons. The van der Waals surface area contributed by atoms with Gasteiger partial charge in [-0.2, -0.15) is 5.10 Å². The topological polar surface area (TPSA) is 56.7 Å². The van der Waals surface area contributed by atoms with Crippen LogP contribution in [0.5, 0.6) is 0 Å². The first-order chi connectivity index (χ1) is 8.24. The Kier molecular flexibility index (Phi) is 2.44.